The smallest absolute Gasteiger partial charge is 0.412 e. The molecular formula is C21H37NO3S. The molecule has 0 aliphatic rings. The molecule has 0 fully saturated rings. The molecule has 0 saturated heterocycles. The van der Waals surface area contributed by atoms with E-state index in [1.807, 2.05) is 32.9 Å². The van der Waals surface area contributed by atoms with Crippen LogP contribution in [-0.2, 0) is 20.9 Å². The zero-order valence-electron chi connectivity index (χ0n) is 17.8. The third-order valence-electron chi connectivity index (χ3n) is 3.55. The molecule has 0 spiro atoms. The van der Waals surface area contributed by atoms with Crippen LogP contribution in [0.15, 0.2) is 18.2 Å². The highest BCUT2D eigenvalue weighted by Gasteiger charge is 2.20. The summed E-state index contributed by atoms with van der Waals surface area (Å²) in [4.78, 5) is 12.1. The molecule has 0 aliphatic carbocycles. The first kappa shape index (κ1) is 22.7. The van der Waals surface area contributed by atoms with E-state index in [-0.39, 0.29) is 11.6 Å². The van der Waals surface area contributed by atoms with Gasteiger partial charge in [0.05, 0.1) is 6.61 Å². The first-order chi connectivity index (χ1) is 11.6. The third-order valence-corrected chi connectivity index (χ3v) is 5.32. The van der Waals surface area contributed by atoms with E-state index in [0.29, 0.717) is 12.3 Å². The van der Waals surface area contributed by atoms with E-state index in [9.17, 15) is 4.79 Å². The predicted molar refractivity (Wildman–Crippen MR) is 116 cm³/mol. The average molecular weight is 384 g/mol. The Morgan fingerprint density at radius 3 is 2.12 bits per heavy atom. The fourth-order valence-corrected chi connectivity index (χ4v) is 2.65. The second kappa shape index (κ2) is 8.13. The lowest BCUT2D eigenvalue weighted by atomic mass is 9.86. The van der Waals surface area contributed by atoms with Crippen molar-refractivity contribution in [2.24, 2.45) is 0 Å². The van der Waals surface area contributed by atoms with Crippen LogP contribution in [0.3, 0.4) is 0 Å². The lowest BCUT2D eigenvalue weighted by Crippen LogP contribution is -2.27. The Hall–Kier alpha value is -1.33. The first-order valence-electron chi connectivity index (χ1n) is 8.90. The van der Waals surface area contributed by atoms with Gasteiger partial charge >= 0.3 is 6.09 Å². The minimum atomic E-state index is -0.535. The van der Waals surface area contributed by atoms with E-state index < -0.39 is 22.5 Å². The van der Waals surface area contributed by atoms with E-state index in [4.69, 9.17) is 8.92 Å². The van der Waals surface area contributed by atoms with Gasteiger partial charge in [0.15, 0.2) is 0 Å². The van der Waals surface area contributed by atoms with Crippen LogP contribution in [-0.4, -0.2) is 22.3 Å². The van der Waals surface area contributed by atoms with Crippen LogP contribution >= 0.6 is 10.8 Å². The number of hydrogen-bond acceptors (Lipinski definition) is 3. The fourth-order valence-electron chi connectivity index (χ4n) is 2.02. The highest BCUT2D eigenvalue weighted by atomic mass is 32.2. The van der Waals surface area contributed by atoms with Crippen molar-refractivity contribution in [3.05, 3.63) is 29.3 Å². The van der Waals surface area contributed by atoms with Crippen LogP contribution in [0.4, 0.5) is 10.5 Å². The summed E-state index contributed by atoms with van der Waals surface area (Å²) in [6, 6.07) is 6.04. The van der Waals surface area contributed by atoms with Crippen molar-refractivity contribution in [3.8, 4) is 0 Å². The topological polar surface area (TPSA) is 47.6 Å². The molecule has 0 aliphatic heterocycles. The second-order valence-corrected chi connectivity index (χ2v) is 11.7. The Bertz CT molecular complexity index is 667. The number of ether oxygens (including phenoxy) is 1. The van der Waals surface area contributed by atoms with Crippen molar-refractivity contribution in [3.63, 3.8) is 0 Å². The number of carbonyl (C=O) groups excluding carboxylic acids is 1. The maximum absolute atomic E-state index is 12.1. The van der Waals surface area contributed by atoms with E-state index in [1.54, 1.807) is 0 Å². The summed E-state index contributed by atoms with van der Waals surface area (Å²) in [6.45, 7) is 18.8. The maximum Gasteiger partial charge on any atom is 0.412 e. The van der Waals surface area contributed by atoms with Crippen LogP contribution in [0.25, 0.3) is 0 Å². The minimum absolute atomic E-state index is 0. The zero-order chi connectivity index (χ0) is 20.3. The van der Waals surface area contributed by atoms with Gasteiger partial charge in [-0.15, -0.1) is 0 Å². The van der Waals surface area contributed by atoms with Crippen LogP contribution in [0.1, 0.15) is 74.9 Å². The van der Waals surface area contributed by atoms with Crippen molar-refractivity contribution < 1.29 is 15.1 Å². The van der Waals surface area contributed by atoms with E-state index in [0.717, 1.165) is 11.1 Å². The number of nitrogens with one attached hydrogen (secondary N) is 1. The number of hydrogen-bond donors (Lipinski definition) is 1. The zero-order valence-corrected chi connectivity index (χ0v) is 18.6. The summed E-state index contributed by atoms with van der Waals surface area (Å²) in [6.07, 6.45) is -0.456. The minimum Gasteiger partial charge on any atom is -0.444 e. The third kappa shape index (κ3) is 7.92. The quantitative estimate of drug-likeness (QED) is 0.603. The molecule has 5 heteroatoms. The molecule has 1 aromatic carbocycles. The van der Waals surface area contributed by atoms with Gasteiger partial charge in [-0.3, -0.25) is 5.32 Å². The molecule has 0 heterocycles. The van der Waals surface area contributed by atoms with Crippen LogP contribution < -0.4 is 5.32 Å². The standard InChI is InChI=1S/C21H35NO3S.H2/c1-19(2,3)16-11-15(14-24-26(10)21(7,8)9)12-17(13-16)22-18(23)25-20(4,5)6;/h11-13H,10,14H2,1-9H3,(H,22,23);1H. The average Bonchev–Trinajstić information content (AvgIpc) is 2.40. The summed E-state index contributed by atoms with van der Waals surface area (Å²) in [5.74, 6) is 4.12. The SMILES string of the molecule is C=S(OCc1cc(NC(=O)OC(C)(C)C)cc(C(C)(C)C)c1)C(C)(C)C.[HH]. The highest BCUT2D eigenvalue weighted by molar-refractivity contribution is 8.11. The van der Waals surface area contributed by atoms with Gasteiger partial charge in [0.25, 0.3) is 0 Å². The molecule has 1 N–H and O–H groups in total. The molecule has 150 valence electrons. The molecule has 0 radical (unpaired) electrons. The molecule has 26 heavy (non-hydrogen) atoms. The largest absolute Gasteiger partial charge is 0.444 e. The lowest BCUT2D eigenvalue weighted by molar-refractivity contribution is 0.0636. The molecule has 0 aromatic heterocycles. The fraction of sp³-hybridized carbons (Fsp3) is 0.619. The van der Waals surface area contributed by atoms with Crippen molar-refractivity contribution in [2.75, 3.05) is 5.32 Å². The molecule has 1 unspecified atom stereocenters. The molecule has 1 amide bonds. The second-order valence-electron chi connectivity index (χ2n) is 9.52. The monoisotopic (exact) mass is 383 g/mol. The number of carbonyl (C=O) groups is 1. The Labute approximate surface area is 163 Å². The van der Waals surface area contributed by atoms with E-state index in [2.05, 4.69) is 58.8 Å². The van der Waals surface area contributed by atoms with E-state index in [1.165, 1.54) is 0 Å². The van der Waals surface area contributed by atoms with Gasteiger partial charge in [0, 0.05) is 11.9 Å². The number of amides is 1. The molecule has 1 atom stereocenters. The number of benzene rings is 1. The van der Waals surface area contributed by atoms with Crippen LogP contribution in [0, 0.1) is 0 Å². The predicted octanol–water partition coefficient (Wildman–Crippen LogP) is 6.51. The van der Waals surface area contributed by atoms with Crippen molar-refractivity contribution in [2.45, 2.75) is 84.7 Å². The summed E-state index contributed by atoms with van der Waals surface area (Å²) in [5.41, 5.74) is 2.27. The summed E-state index contributed by atoms with van der Waals surface area (Å²) in [5, 5.41) is 2.84. The van der Waals surface area contributed by atoms with Gasteiger partial charge in [0.1, 0.15) is 5.60 Å². The molecule has 0 bridgehead atoms. The first-order valence-corrected chi connectivity index (χ1v) is 10.2. The normalized spacial score (nSPS) is 14.0. The number of rotatable bonds is 4. The molecule has 0 saturated carbocycles. The number of anilines is 1. The summed E-state index contributed by atoms with van der Waals surface area (Å²) in [7, 11) is -0.408. The Morgan fingerprint density at radius 1 is 1.08 bits per heavy atom. The van der Waals surface area contributed by atoms with Crippen molar-refractivity contribution >= 4 is 28.4 Å². The van der Waals surface area contributed by atoms with Gasteiger partial charge in [-0.25, -0.2) is 4.79 Å². The maximum atomic E-state index is 12.1. The van der Waals surface area contributed by atoms with Crippen LogP contribution in [0.2, 0.25) is 0 Å². The molecule has 1 aromatic rings. The summed E-state index contributed by atoms with van der Waals surface area (Å²) < 4.78 is 11.3. The van der Waals surface area contributed by atoms with Gasteiger partial charge < -0.3 is 8.92 Å². The highest BCUT2D eigenvalue weighted by Crippen LogP contribution is 2.33. The molecular weight excluding hydrogens is 346 g/mol. The Kier molecular flexibility index (Phi) is 7.11. The Balaban J connectivity index is 0.00000676. The van der Waals surface area contributed by atoms with Gasteiger partial charge in [-0.1, -0.05) is 37.6 Å². The summed E-state index contributed by atoms with van der Waals surface area (Å²) >= 11 is 0. The molecule has 4 nitrogen and oxygen atoms in total. The van der Waals surface area contributed by atoms with Gasteiger partial charge in [-0.2, -0.15) is 0 Å². The lowest BCUT2D eigenvalue weighted by Gasteiger charge is -2.25. The van der Waals surface area contributed by atoms with Gasteiger partial charge in [0.2, 0.25) is 0 Å². The van der Waals surface area contributed by atoms with Crippen molar-refractivity contribution in [1.29, 1.82) is 0 Å². The molecule has 1 rings (SSSR count). The van der Waals surface area contributed by atoms with E-state index >= 15 is 0 Å². The van der Waals surface area contributed by atoms with Crippen molar-refractivity contribution in [1.82, 2.24) is 0 Å². The van der Waals surface area contributed by atoms with Crippen LogP contribution in [0.5, 0.6) is 0 Å². The Morgan fingerprint density at radius 2 is 1.65 bits per heavy atom. The van der Waals surface area contributed by atoms with Gasteiger partial charge in [-0.05, 0) is 76.1 Å².